The molecule has 0 aliphatic rings. The smallest absolute Gasteiger partial charge is 0.129 e. The first-order valence-corrected chi connectivity index (χ1v) is 5.32. The fourth-order valence-electron chi connectivity index (χ4n) is 1.22. The predicted molar refractivity (Wildman–Crippen MR) is 63.9 cm³/mol. The van der Waals surface area contributed by atoms with Gasteiger partial charge in [-0.2, -0.15) is 0 Å². The van der Waals surface area contributed by atoms with Crippen LogP contribution in [0.2, 0.25) is 0 Å². The number of rotatable bonds is 5. The minimum Gasteiger partial charge on any atom is -0.382 e. The number of hydrogen-bond donors (Lipinski definition) is 1. The second-order valence-corrected chi connectivity index (χ2v) is 3.36. The Morgan fingerprint density at radius 2 is 2.18 bits per heavy atom. The van der Waals surface area contributed by atoms with Crippen LogP contribution in [0.3, 0.4) is 0 Å². The average molecular weight is 237 g/mol. The average Bonchev–Trinajstić information content (AvgIpc) is 2.34. The minimum atomic E-state index is -0.314. The van der Waals surface area contributed by atoms with E-state index in [0.29, 0.717) is 24.3 Å². The summed E-state index contributed by atoms with van der Waals surface area (Å²) in [4.78, 5) is 0. The van der Waals surface area contributed by atoms with E-state index in [1.807, 2.05) is 0 Å². The van der Waals surface area contributed by atoms with Gasteiger partial charge in [0.25, 0.3) is 0 Å². The van der Waals surface area contributed by atoms with Gasteiger partial charge in [-0.1, -0.05) is 17.9 Å². The van der Waals surface area contributed by atoms with Crippen LogP contribution in [0.4, 0.5) is 4.39 Å². The number of hydrogen-bond acceptors (Lipinski definition) is 3. The minimum absolute atomic E-state index is 0.236. The summed E-state index contributed by atoms with van der Waals surface area (Å²) in [6.45, 7) is 1.45. The lowest BCUT2D eigenvalue weighted by atomic mass is 10.1. The highest BCUT2D eigenvalue weighted by atomic mass is 19.1. The summed E-state index contributed by atoms with van der Waals surface area (Å²) in [7, 11) is 1.59. The zero-order valence-corrected chi connectivity index (χ0v) is 9.83. The molecular formula is C13H16FNO2. The highest BCUT2D eigenvalue weighted by Gasteiger charge is 2.02. The zero-order chi connectivity index (χ0) is 12.5. The van der Waals surface area contributed by atoms with Crippen molar-refractivity contribution < 1.29 is 13.9 Å². The van der Waals surface area contributed by atoms with Crippen molar-refractivity contribution in [2.75, 3.05) is 26.9 Å². The molecule has 0 aliphatic carbocycles. The maximum Gasteiger partial charge on any atom is 0.129 e. The van der Waals surface area contributed by atoms with E-state index in [-0.39, 0.29) is 19.0 Å². The lowest BCUT2D eigenvalue weighted by molar-refractivity contribution is 0.0604. The first-order chi connectivity index (χ1) is 8.27. The van der Waals surface area contributed by atoms with Gasteiger partial charge < -0.3 is 15.2 Å². The Labute approximate surface area is 101 Å². The van der Waals surface area contributed by atoms with Gasteiger partial charge in [0.2, 0.25) is 0 Å². The third-order valence-electron chi connectivity index (χ3n) is 2.08. The molecule has 17 heavy (non-hydrogen) atoms. The molecule has 0 spiro atoms. The van der Waals surface area contributed by atoms with Crippen molar-refractivity contribution in [3.05, 3.63) is 35.1 Å². The quantitative estimate of drug-likeness (QED) is 0.620. The van der Waals surface area contributed by atoms with Gasteiger partial charge in [0.15, 0.2) is 0 Å². The molecule has 0 fully saturated rings. The van der Waals surface area contributed by atoms with Gasteiger partial charge in [-0.25, -0.2) is 4.39 Å². The first kappa shape index (κ1) is 13.7. The van der Waals surface area contributed by atoms with E-state index < -0.39 is 0 Å². The van der Waals surface area contributed by atoms with Crippen molar-refractivity contribution in [3.8, 4) is 11.8 Å². The Hall–Kier alpha value is -1.41. The Balaban J connectivity index is 2.57. The molecular weight excluding hydrogens is 221 g/mol. The molecule has 1 aromatic carbocycles. The number of nitrogens with two attached hydrogens (primary N) is 1. The van der Waals surface area contributed by atoms with Crippen LogP contribution < -0.4 is 5.73 Å². The summed E-state index contributed by atoms with van der Waals surface area (Å²) in [6.07, 6.45) is 0. The lowest BCUT2D eigenvalue weighted by Gasteiger charge is -2.05. The molecule has 0 bridgehead atoms. The third kappa shape index (κ3) is 4.96. The van der Waals surface area contributed by atoms with Crippen LogP contribution in [-0.4, -0.2) is 26.9 Å². The van der Waals surface area contributed by atoms with Gasteiger partial charge in [0, 0.05) is 18.2 Å². The van der Waals surface area contributed by atoms with Gasteiger partial charge in [-0.3, -0.25) is 0 Å². The van der Waals surface area contributed by atoms with Gasteiger partial charge >= 0.3 is 0 Å². The monoisotopic (exact) mass is 237 g/mol. The molecule has 0 heterocycles. The van der Waals surface area contributed by atoms with E-state index in [1.54, 1.807) is 19.2 Å². The maximum atomic E-state index is 13.6. The zero-order valence-electron chi connectivity index (χ0n) is 9.83. The summed E-state index contributed by atoms with van der Waals surface area (Å²) < 4.78 is 23.6. The molecule has 3 nitrogen and oxygen atoms in total. The molecule has 0 amide bonds. The van der Waals surface area contributed by atoms with Crippen LogP contribution in [-0.2, 0) is 16.1 Å². The Morgan fingerprint density at radius 1 is 1.35 bits per heavy atom. The van der Waals surface area contributed by atoms with E-state index >= 15 is 0 Å². The molecule has 0 saturated heterocycles. The number of halogens is 1. The van der Waals surface area contributed by atoms with Gasteiger partial charge in [-0.05, 0) is 12.1 Å². The standard InChI is InChI=1S/C13H16FNO2/c1-16-7-8-17-10-12-5-4-11(3-2-6-15)9-13(12)14/h4-5,9H,6-8,10,15H2,1H3. The summed E-state index contributed by atoms with van der Waals surface area (Å²) in [5, 5.41) is 0. The van der Waals surface area contributed by atoms with Crippen molar-refractivity contribution in [1.29, 1.82) is 0 Å². The van der Waals surface area contributed by atoms with E-state index in [1.165, 1.54) is 6.07 Å². The summed E-state index contributed by atoms with van der Waals surface area (Å²) in [5.41, 5.74) is 6.37. The Bertz CT molecular complexity index is 410. The van der Waals surface area contributed by atoms with Crippen molar-refractivity contribution >= 4 is 0 Å². The van der Waals surface area contributed by atoms with E-state index in [4.69, 9.17) is 15.2 Å². The van der Waals surface area contributed by atoms with Crippen LogP contribution >= 0.6 is 0 Å². The summed E-state index contributed by atoms with van der Waals surface area (Å²) in [6, 6.07) is 4.81. The predicted octanol–water partition coefficient (Wildman–Crippen LogP) is 1.30. The molecule has 1 aromatic rings. The molecule has 92 valence electrons. The van der Waals surface area contributed by atoms with Crippen molar-refractivity contribution in [2.45, 2.75) is 6.61 Å². The van der Waals surface area contributed by atoms with Crippen LogP contribution in [0, 0.1) is 17.7 Å². The molecule has 4 heteroatoms. The van der Waals surface area contributed by atoms with Crippen LogP contribution in [0.15, 0.2) is 18.2 Å². The largest absolute Gasteiger partial charge is 0.382 e. The van der Waals surface area contributed by atoms with Crippen molar-refractivity contribution in [1.82, 2.24) is 0 Å². The second kappa shape index (κ2) is 7.80. The first-order valence-electron chi connectivity index (χ1n) is 5.32. The molecule has 0 atom stereocenters. The molecule has 0 saturated carbocycles. The normalized spacial score (nSPS) is 9.82. The highest BCUT2D eigenvalue weighted by molar-refractivity contribution is 5.37. The van der Waals surface area contributed by atoms with Gasteiger partial charge in [0.1, 0.15) is 5.82 Å². The molecule has 1 rings (SSSR count). The van der Waals surface area contributed by atoms with Crippen LogP contribution in [0.25, 0.3) is 0 Å². The summed E-state index contributed by atoms with van der Waals surface area (Å²) in [5.74, 6) is 5.13. The third-order valence-corrected chi connectivity index (χ3v) is 2.08. The fraction of sp³-hybridized carbons (Fsp3) is 0.385. The molecule has 2 N–H and O–H groups in total. The summed E-state index contributed by atoms with van der Waals surface area (Å²) >= 11 is 0. The van der Waals surface area contributed by atoms with Crippen LogP contribution in [0.1, 0.15) is 11.1 Å². The molecule has 0 radical (unpaired) electrons. The molecule has 0 aliphatic heterocycles. The van der Waals surface area contributed by atoms with Crippen molar-refractivity contribution in [3.63, 3.8) is 0 Å². The second-order valence-electron chi connectivity index (χ2n) is 3.36. The lowest BCUT2D eigenvalue weighted by Crippen LogP contribution is -2.03. The molecule has 0 aromatic heterocycles. The van der Waals surface area contributed by atoms with E-state index in [9.17, 15) is 4.39 Å². The van der Waals surface area contributed by atoms with Crippen molar-refractivity contribution in [2.24, 2.45) is 5.73 Å². The van der Waals surface area contributed by atoms with Crippen LogP contribution in [0.5, 0.6) is 0 Å². The molecule has 0 unspecified atom stereocenters. The Morgan fingerprint density at radius 3 is 2.82 bits per heavy atom. The number of ether oxygens (including phenoxy) is 2. The van der Waals surface area contributed by atoms with E-state index in [2.05, 4.69) is 11.8 Å². The van der Waals surface area contributed by atoms with Gasteiger partial charge in [-0.15, -0.1) is 0 Å². The number of methoxy groups -OCH3 is 1. The van der Waals surface area contributed by atoms with Gasteiger partial charge in [0.05, 0.1) is 26.4 Å². The maximum absolute atomic E-state index is 13.6. The topological polar surface area (TPSA) is 44.5 Å². The fourth-order valence-corrected chi connectivity index (χ4v) is 1.22. The SMILES string of the molecule is COCCOCc1ccc(C#CCN)cc1F. The Kier molecular flexibility index (Phi) is 6.26. The highest BCUT2D eigenvalue weighted by Crippen LogP contribution is 2.11. The number of benzene rings is 1. The van der Waals surface area contributed by atoms with E-state index in [0.717, 1.165) is 0 Å².